The number of nitrogens with one attached hydrogen (secondary N) is 2. The highest BCUT2D eigenvalue weighted by atomic mass is 19.1. The Bertz CT molecular complexity index is 1120. The second-order valence-corrected chi connectivity index (χ2v) is 7.70. The van der Waals surface area contributed by atoms with Crippen molar-refractivity contribution in [1.82, 2.24) is 25.0 Å². The first-order valence-electron chi connectivity index (χ1n) is 10.7. The summed E-state index contributed by atoms with van der Waals surface area (Å²) in [6, 6.07) is 2.52. The minimum atomic E-state index is -0.822. The van der Waals surface area contributed by atoms with E-state index >= 15 is 0 Å². The molecule has 0 unspecified atom stereocenters. The zero-order chi connectivity index (χ0) is 23.4. The molecule has 2 atom stereocenters. The molecule has 174 valence electrons. The smallest absolute Gasteiger partial charge is 0.252 e. The Labute approximate surface area is 189 Å². The van der Waals surface area contributed by atoms with Crippen molar-refractivity contribution in [2.75, 3.05) is 17.2 Å². The molecule has 0 aliphatic heterocycles. The van der Waals surface area contributed by atoms with E-state index in [0.717, 1.165) is 31.7 Å². The monoisotopic (exact) mass is 455 g/mol. The van der Waals surface area contributed by atoms with E-state index in [4.69, 9.17) is 16.2 Å². The zero-order valence-electron chi connectivity index (χ0n) is 18.2. The summed E-state index contributed by atoms with van der Waals surface area (Å²) in [5.74, 6) is -1.09. The number of hydrogen-bond acceptors (Lipinski definition) is 9. The lowest BCUT2D eigenvalue weighted by molar-refractivity contribution is 0.100. The van der Waals surface area contributed by atoms with Crippen LogP contribution in [0.15, 0.2) is 30.7 Å². The van der Waals surface area contributed by atoms with Gasteiger partial charge in [0.05, 0.1) is 36.4 Å². The molecule has 0 radical (unpaired) electrons. The molecule has 1 aliphatic carbocycles. The number of halogens is 1. The lowest BCUT2D eigenvalue weighted by atomic mass is 9.91. The molecule has 4 rings (SSSR count). The summed E-state index contributed by atoms with van der Waals surface area (Å²) in [6.45, 7) is 2.24. The number of pyridine rings is 2. The molecule has 0 saturated heterocycles. The Hall–Kier alpha value is -3.80. The molecule has 33 heavy (non-hydrogen) atoms. The maximum absolute atomic E-state index is 14.7. The van der Waals surface area contributed by atoms with E-state index in [0.29, 0.717) is 23.9 Å². The van der Waals surface area contributed by atoms with Crippen LogP contribution >= 0.6 is 0 Å². The number of hydrogen-bond donors (Lipinski definition) is 4. The Morgan fingerprint density at radius 2 is 2.00 bits per heavy atom. The summed E-state index contributed by atoms with van der Waals surface area (Å²) in [5.41, 5.74) is 12.5. The van der Waals surface area contributed by atoms with E-state index in [-0.39, 0.29) is 29.3 Å². The third kappa shape index (κ3) is 5.00. The van der Waals surface area contributed by atoms with Crippen molar-refractivity contribution in [3.63, 3.8) is 0 Å². The van der Waals surface area contributed by atoms with E-state index in [1.807, 2.05) is 6.92 Å². The van der Waals surface area contributed by atoms with Gasteiger partial charge in [-0.05, 0) is 31.9 Å². The first-order chi connectivity index (χ1) is 16.0. The van der Waals surface area contributed by atoms with Crippen molar-refractivity contribution in [1.29, 1.82) is 0 Å². The summed E-state index contributed by atoms with van der Waals surface area (Å²) >= 11 is 0. The van der Waals surface area contributed by atoms with E-state index in [2.05, 4.69) is 30.8 Å². The minimum Gasteiger partial charge on any atom is -0.476 e. The van der Waals surface area contributed by atoms with Crippen molar-refractivity contribution in [2.45, 2.75) is 44.7 Å². The summed E-state index contributed by atoms with van der Waals surface area (Å²) in [6.07, 6.45) is 8.25. The van der Waals surface area contributed by atoms with Gasteiger partial charge in [-0.15, -0.1) is 4.80 Å². The van der Waals surface area contributed by atoms with Gasteiger partial charge in [-0.2, -0.15) is 10.2 Å². The molecule has 12 heteroatoms. The highest BCUT2D eigenvalue weighted by Crippen LogP contribution is 2.29. The fraction of sp³-hybridized carbons (Fsp3) is 0.381. The number of primary amides is 1. The number of ether oxygens (including phenoxy) is 1. The Morgan fingerprint density at radius 1 is 1.24 bits per heavy atom. The fourth-order valence-electron chi connectivity index (χ4n) is 3.76. The third-order valence-corrected chi connectivity index (χ3v) is 5.39. The SMILES string of the molecule is CCOc1ncc(Nc2nc(N[C@@H]3CCCC[C@@H]3N)c(F)cc2C(N)=O)cc1-n1nccn1. The number of rotatable bonds is 8. The second kappa shape index (κ2) is 9.77. The summed E-state index contributed by atoms with van der Waals surface area (Å²) in [4.78, 5) is 22.0. The van der Waals surface area contributed by atoms with Crippen LogP contribution in [-0.2, 0) is 0 Å². The van der Waals surface area contributed by atoms with E-state index in [1.54, 1.807) is 6.07 Å². The molecule has 0 bridgehead atoms. The number of carbonyl (C=O) groups is 1. The second-order valence-electron chi connectivity index (χ2n) is 7.70. The Balaban J connectivity index is 1.68. The number of nitrogens with zero attached hydrogens (tertiary/aromatic N) is 5. The van der Waals surface area contributed by atoms with E-state index < -0.39 is 11.7 Å². The first-order valence-corrected chi connectivity index (χ1v) is 10.7. The van der Waals surface area contributed by atoms with E-state index in [1.165, 1.54) is 23.4 Å². The molecule has 0 aromatic carbocycles. The average Bonchev–Trinajstić information content (AvgIpc) is 3.33. The van der Waals surface area contributed by atoms with Gasteiger partial charge in [0.1, 0.15) is 11.5 Å². The Kier molecular flexibility index (Phi) is 6.63. The van der Waals surface area contributed by atoms with Crippen LogP contribution in [-0.4, -0.2) is 49.6 Å². The van der Waals surface area contributed by atoms with Gasteiger partial charge in [-0.1, -0.05) is 12.8 Å². The summed E-state index contributed by atoms with van der Waals surface area (Å²) in [7, 11) is 0. The maximum Gasteiger partial charge on any atom is 0.252 e. The maximum atomic E-state index is 14.7. The number of anilines is 3. The lowest BCUT2D eigenvalue weighted by Crippen LogP contribution is -2.43. The lowest BCUT2D eigenvalue weighted by Gasteiger charge is -2.30. The molecule has 3 heterocycles. The minimum absolute atomic E-state index is 0.00212. The van der Waals surface area contributed by atoms with Gasteiger partial charge >= 0.3 is 0 Å². The molecular weight excluding hydrogens is 429 g/mol. The van der Waals surface area contributed by atoms with Gasteiger partial charge in [0, 0.05) is 12.1 Å². The van der Waals surface area contributed by atoms with Gasteiger partial charge in [-0.25, -0.2) is 14.4 Å². The van der Waals surface area contributed by atoms with Gasteiger partial charge in [0.15, 0.2) is 11.6 Å². The molecule has 11 nitrogen and oxygen atoms in total. The average molecular weight is 455 g/mol. The van der Waals surface area contributed by atoms with Gasteiger partial charge in [0.2, 0.25) is 5.88 Å². The van der Waals surface area contributed by atoms with Crippen LogP contribution in [0.4, 0.5) is 21.7 Å². The van der Waals surface area contributed by atoms with Gasteiger partial charge < -0.3 is 26.8 Å². The highest BCUT2D eigenvalue weighted by Gasteiger charge is 2.24. The molecule has 1 amide bonds. The predicted octanol–water partition coefficient (Wildman–Crippen LogP) is 2.12. The quantitative estimate of drug-likeness (QED) is 0.399. The molecule has 3 aromatic heterocycles. The molecule has 0 spiro atoms. The molecule has 1 fully saturated rings. The fourth-order valence-corrected chi connectivity index (χ4v) is 3.76. The normalized spacial score (nSPS) is 18.0. The van der Waals surface area contributed by atoms with Crippen LogP contribution < -0.4 is 26.8 Å². The molecule has 1 saturated carbocycles. The van der Waals surface area contributed by atoms with E-state index in [9.17, 15) is 9.18 Å². The number of nitrogens with two attached hydrogens (primary N) is 2. The summed E-state index contributed by atoms with van der Waals surface area (Å²) < 4.78 is 20.3. The highest BCUT2D eigenvalue weighted by molar-refractivity contribution is 5.98. The van der Waals surface area contributed by atoms with Crippen molar-refractivity contribution < 1.29 is 13.9 Å². The molecule has 6 N–H and O–H groups in total. The van der Waals surface area contributed by atoms with Crippen LogP contribution in [0, 0.1) is 5.82 Å². The van der Waals surface area contributed by atoms with Crippen LogP contribution in [0.5, 0.6) is 5.88 Å². The number of aromatic nitrogens is 5. The van der Waals surface area contributed by atoms with Crippen molar-refractivity contribution >= 4 is 23.2 Å². The van der Waals surface area contributed by atoms with Crippen molar-refractivity contribution in [3.8, 4) is 11.6 Å². The van der Waals surface area contributed by atoms with Gasteiger partial charge in [0.25, 0.3) is 5.91 Å². The largest absolute Gasteiger partial charge is 0.476 e. The van der Waals surface area contributed by atoms with Crippen molar-refractivity contribution in [3.05, 3.63) is 42.1 Å². The van der Waals surface area contributed by atoms with Crippen LogP contribution in [0.3, 0.4) is 0 Å². The molecule has 1 aliphatic rings. The molecular formula is C21H26FN9O2. The van der Waals surface area contributed by atoms with Gasteiger partial charge in [-0.3, -0.25) is 4.79 Å². The van der Waals surface area contributed by atoms with Crippen LogP contribution in [0.2, 0.25) is 0 Å². The Morgan fingerprint density at radius 3 is 2.70 bits per heavy atom. The summed E-state index contributed by atoms with van der Waals surface area (Å²) in [5, 5.41) is 14.3. The van der Waals surface area contributed by atoms with Crippen LogP contribution in [0.1, 0.15) is 43.0 Å². The van der Waals surface area contributed by atoms with Crippen molar-refractivity contribution in [2.24, 2.45) is 11.5 Å². The standard InChI is InChI=1S/C21H26FN9O2/c1-2-33-21-17(31-26-7-8-27-31)9-12(11-25-21)28-19-13(18(24)32)10-14(22)20(30-19)29-16-6-4-3-5-15(16)23/h7-11,15-16H,2-6,23H2,1H3,(H2,24,32)(H2,28,29,30)/t15-,16+/m0/s1. The van der Waals surface area contributed by atoms with Crippen LogP contribution in [0.25, 0.3) is 5.69 Å². The predicted molar refractivity (Wildman–Crippen MR) is 120 cm³/mol. The first kappa shape index (κ1) is 22.4. The topological polar surface area (TPSA) is 159 Å². The number of carbonyl (C=O) groups excluding carboxylic acids is 1. The molecule has 3 aromatic rings. The number of amides is 1. The zero-order valence-corrected chi connectivity index (χ0v) is 18.2. The third-order valence-electron chi connectivity index (χ3n) is 5.39.